The van der Waals surface area contributed by atoms with Gasteiger partial charge in [-0.05, 0) is 19.4 Å². The highest BCUT2D eigenvalue weighted by Crippen LogP contribution is 2.42. The maximum absolute atomic E-state index is 12.4. The summed E-state index contributed by atoms with van der Waals surface area (Å²) < 4.78 is 5.21. The van der Waals surface area contributed by atoms with E-state index in [0.29, 0.717) is 23.0 Å². The van der Waals surface area contributed by atoms with Crippen molar-refractivity contribution in [2.24, 2.45) is 9.98 Å². The van der Waals surface area contributed by atoms with Gasteiger partial charge in [-0.1, -0.05) is 42.1 Å². The van der Waals surface area contributed by atoms with E-state index in [9.17, 15) is 4.79 Å². The molecule has 1 aliphatic rings. The number of nitrogens with zero attached hydrogens (tertiary/aromatic N) is 3. The molecule has 1 aromatic carbocycles. The lowest BCUT2D eigenvalue weighted by atomic mass is 10.0. The van der Waals surface area contributed by atoms with Gasteiger partial charge < -0.3 is 9.64 Å². The average molecular weight is 331 g/mol. The Morgan fingerprint density at radius 1 is 1.39 bits per heavy atom. The first-order valence-electron chi connectivity index (χ1n) is 7.41. The van der Waals surface area contributed by atoms with Crippen molar-refractivity contribution in [3.8, 4) is 0 Å². The molecule has 0 amide bonds. The molecule has 0 saturated carbocycles. The van der Waals surface area contributed by atoms with Crippen LogP contribution in [0.4, 0.5) is 0 Å². The summed E-state index contributed by atoms with van der Waals surface area (Å²) in [5.41, 5.74) is 2.28. The van der Waals surface area contributed by atoms with Crippen molar-refractivity contribution in [3.63, 3.8) is 0 Å². The lowest BCUT2D eigenvalue weighted by Crippen LogP contribution is -2.19. The van der Waals surface area contributed by atoms with E-state index in [-0.39, 0.29) is 11.2 Å². The fraction of sp³-hybridized carbons (Fsp3) is 0.353. The number of carbonyl (C=O) groups excluding carboxylic acids is 1. The Labute approximate surface area is 141 Å². The third-order valence-corrected chi connectivity index (χ3v) is 4.29. The molecule has 1 aliphatic heterocycles. The van der Waals surface area contributed by atoms with E-state index in [1.807, 2.05) is 56.3 Å². The maximum Gasteiger partial charge on any atom is 0.337 e. The van der Waals surface area contributed by atoms with Crippen LogP contribution >= 0.6 is 11.8 Å². The highest BCUT2D eigenvalue weighted by molar-refractivity contribution is 8.14. The second-order valence-corrected chi connectivity index (χ2v) is 6.30. The number of ether oxygens (including phenoxy) is 1. The Kier molecular flexibility index (Phi) is 5.98. The van der Waals surface area contributed by atoms with Crippen LogP contribution in [0.2, 0.25) is 0 Å². The van der Waals surface area contributed by atoms with E-state index in [1.165, 1.54) is 11.8 Å². The van der Waals surface area contributed by atoms with Crippen molar-refractivity contribution in [1.82, 2.24) is 4.90 Å². The number of hydrogen-bond donors (Lipinski definition) is 0. The van der Waals surface area contributed by atoms with Crippen LogP contribution in [0.1, 0.15) is 24.7 Å². The number of esters is 1. The number of benzene rings is 1. The van der Waals surface area contributed by atoms with Gasteiger partial charge in [0.05, 0.1) is 29.5 Å². The second-order valence-electron chi connectivity index (χ2n) is 5.23. The molecule has 1 heterocycles. The van der Waals surface area contributed by atoms with Crippen molar-refractivity contribution >= 4 is 29.2 Å². The molecule has 5 nitrogen and oxygen atoms in total. The zero-order valence-electron chi connectivity index (χ0n) is 13.8. The van der Waals surface area contributed by atoms with Gasteiger partial charge in [-0.15, -0.1) is 0 Å². The van der Waals surface area contributed by atoms with Crippen LogP contribution in [0.5, 0.6) is 0 Å². The predicted octanol–water partition coefficient (Wildman–Crippen LogP) is 3.26. The maximum atomic E-state index is 12.4. The molecule has 0 unspecified atom stereocenters. The summed E-state index contributed by atoms with van der Waals surface area (Å²) in [6.45, 7) is 3.97. The van der Waals surface area contributed by atoms with Crippen molar-refractivity contribution in [1.29, 1.82) is 0 Å². The van der Waals surface area contributed by atoms with Crippen LogP contribution < -0.4 is 0 Å². The number of allylic oxidation sites excluding steroid dienone is 1. The van der Waals surface area contributed by atoms with Gasteiger partial charge in [-0.2, -0.15) is 0 Å². The molecule has 122 valence electrons. The number of rotatable bonds is 4. The van der Waals surface area contributed by atoms with Gasteiger partial charge in [0.1, 0.15) is 0 Å². The Morgan fingerprint density at radius 3 is 2.70 bits per heavy atom. The fourth-order valence-corrected chi connectivity index (χ4v) is 3.32. The molecule has 0 bridgehead atoms. The number of hydrogen-bond acceptors (Lipinski definition) is 5. The van der Waals surface area contributed by atoms with Gasteiger partial charge in [0.25, 0.3) is 0 Å². The first kappa shape index (κ1) is 17.3. The van der Waals surface area contributed by atoms with Crippen LogP contribution in [0.25, 0.3) is 0 Å². The van der Waals surface area contributed by atoms with Gasteiger partial charge in [0, 0.05) is 14.1 Å². The lowest BCUT2D eigenvalue weighted by molar-refractivity contribution is -0.138. The standard InChI is InChI=1S/C17H21N3O2S/c1-5-22-16(21)14-12(2)19-17(18-11-20(3)4)23-15(14)13-9-7-6-8-10-13/h6-11,15H,5H2,1-4H3/t15-/m1/s1. The number of carbonyl (C=O) groups is 1. The van der Waals surface area contributed by atoms with Gasteiger partial charge in [0.15, 0.2) is 5.17 Å². The number of thioether (sulfide) groups is 1. The topological polar surface area (TPSA) is 54.3 Å². The minimum atomic E-state index is -0.314. The van der Waals surface area contributed by atoms with Crippen molar-refractivity contribution in [2.75, 3.05) is 20.7 Å². The van der Waals surface area contributed by atoms with Crippen LogP contribution in [0.15, 0.2) is 51.6 Å². The molecule has 0 aliphatic carbocycles. The van der Waals surface area contributed by atoms with Crippen LogP contribution in [-0.4, -0.2) is 43.1 Å². The van der Waals surface area contributed by atoms with E-state index in [2.05, 4.69) is 9.98 Å². The van der Waals surface area contributed by atoms with Crippen molar-refractivity contribution in [3.05, 3.63) is 47.2 Å². The fourth-order valence-electron chi connectivity index (χ4n) is 2.13. The quantitative estimate of drug-likeness (QED) is 0.483. The Balaban J connectivity index is 2.42. The minimum absolute atomic E-state index is 0.165. The van der Waals surface area contributed by atoms with E-state index < -0.39 is 0 Å². The smallest absolute Gasteiger partial charge is 0.337 e. The van der Waals surface area contributed by atoms with Gasteiger partial charge in [-0.3, -0.25) is 0 Å². The Bertz CT molecular complexity index is 651. The Hall–Kier alpha value is -2.08. The molecule has 23 heavy (non-hydrogen) atoms. The first-order chi connectivity index (χ1) is 11.0. The molecule has 0 radical (unpaired) electrons. The third kappa shape index (κ3) is 4.45. The molecular weight excluding hydrogens is 310 g/mol. The summed E-state index contributed by atoms with van der Waals surface area (Å²) in [7, 11) is 3.80. The van der Waals surface area contributed by atoms with Crippen molar-refractivity contribution in [2.45, 2.75) is 19.1 Å². The van der Waals surface area contributed by atoms with E-state index in [4.69, 9.17) is 4.74 Å². The average Bonchev–Trinajstić information content (AvgIpc) is 2.53. The van der Waals surface area contributed by atoms with E-state index in [0.717, 1.165) is 5.56 Å². The van der Waals surface area contributed by atoms with Gasteiger partial charge >= 0.3 is 5.97 Å². The zero-order chi connectivity index (χ0) is 16.8. The molecule has 1 aromatic rings. The molecule has 2 rings (SSSR count). The summed E-state index contributed by atoms with van der Waals surface area (Å²) in [4.78, 5) is 23.0. The molecular formula is C17H21N3O2S. The molecule has 0 fully saturated rings. The number of amidine groups is 1. The second kappa shape index (κ2) is 7.97. The van der Waals surface area contributed by atoms with Crippen LogP contribution in [0.3, 0.4) is 0 Å². The molecule has 0 N–H and O–H groups in total. The summed E-state index contributed by atoms with van der Waals surface area (Å²) in [6.07, 6.45) is 1.70. The monoisotopic (exact) mass is 331 g/mol. The predicted molar refractivity (Wildman–Crippen MR) is 95.7 cm³/mol. The Morgan fingerprint density at radius 2 is 2.09 bits per heavy atom. The highest BCUT2D eigenvalue weighted by atomic mass is 32.2. The molecule has 0 spiro atoms. The number of aliphatic imine (C=N–C) groups is 2. The minimum Gasteiger partial charge on any atom is -0.463 e. The van der Waals surface area contributed by atoms with Crippen LogP contribution in [0, 0.1) is 0 Å². The summed E-state index contributed by atoms with van der Waals surface area (Å²) in [5.74, 6) is -0.314. The summed E-state index contributed by atoms with van der Waals surface area (Å²) in [5, 5.41) is 0.472. The summed E-state index contributed by atoms with van der Waals surface area (Å²) in [6, 6.07) is 9.88. The normalized spacial score (nSPS) is 18.1. The van der Waals surface area contributed by atoms with Gasteiger partial charge in [0.2, 0.25) is 0 Å². The van der Waals surface area contributed by atoms with Crippen molar-refractivity contribution < 1.29 is 9.53 Å². The first-order valence-corrected chi connectivity index (χ1v) is 8.29. The SMILES string of the molecule is CCOC(=O)C1=C(C)N=C(N=CN(C)C)S[C@@H]1c1ccccc1. The zero-order valence-corrected chi connectivity index (χ0v) is 14.6. The summed E-state index contributed by atoms with van der Waals surface area (Å²) >= 11 is 1.46. The molecule has 0 aromatic heterocycles. The van der Waals surface area contributed by atoms with Crippen LogP contribution in [-0.2, 0) is 9.53 Å². The van der Waals surface area contributed by atoms with E-state index in [1.54, 1.807) is 13.3 Å². The molecule has 6 heteroatoms. The largest absolute Gasteiger partial charge is 0.463 e. The molecule has 0 saturated heterocycles. The van der Waals surface area contributed by atoms with E-state index >= 15 is 0 Å². The lowest BCUT2D eigenvalue weighted by Gasteiger charge is -2.24. The highest BCUT2D eigenvalue weighted by Gasteiger charge is 2.31. The molecule has 1 atom stereocenters. The van der Waals surface area contributed by atoms with Gasteiger partial charge in [-0.25, -0.2) is 14.8 Å². The third-order valence-electron chi connectivity index (χ3n) is 3.14.